The van der Waals surface area contributed by atoms with E-state index in [-0.39, 0.29) is 27.7 Å². The van der Waals surface area contributed by atoms with Gasteiger partial charge in [0.05, 0.1) is 0 Å². The fourth-order valence-corrected chi connectivity index (χ4v) is 5.26. The van der Waals surface area contributed by atoms with Crippen molar-refractivity contribution in [3.63, 3.8) is 0 Å². The second-order valence-electron chi connectivity index (χ2n) is 11.9. The summed E-state index contributed by atoms with van der Waals surface area (Å²) in [6.07, 6.45) is 0. The van der Waals surface area contributed by atoms with Crippen LogP contribution in [-0.2, 0) is 16.2 Å². The van der Waals surface area contributed by atoms with Crippen LogP contribution in [0.25, 0.3) is 0 Å². The Kier molecular flexibility index (Phi) is 7.13. The third kappa shape index (κ3) is 5.04. The first kappa shape index (κ1) is 27.7. The van der Waals surface area contributed by atoms with Crippen molar-refractivity contribution >= 4 is 25.9 Å². The van der Waals surface area contributed by atoms with Crippen molar-refractivity contribution in [3.05, 3.63) is 112 Å². The maximum Gasteiger partial charge on any atom is 0.144 e. The highest BCUT2D eigenvalue weighted by atomic mass is 32.1. The molecule has 38 heavy (non-hydrogen) atoms. The van der Waals surface area contributed by atoms with Crippen LogP contribution in [0.3, 0.4) is 0 Å². The van der Waals surface area contributed by atoms with Crippen LogP contribution in [0.15, 0.2) is 83.8 Å². The number of phenolic OH excluding ortho intramolecular Hbond substituents is 3. The number of hydrogen-bond donors (Lipinski definition) is 4. The summed E-state index contributed by atoms with van der Waals surface area (Å²) in [6, 6.07) is 25.7. The summed E-state index contributed by atoms with van der Waals surface area (Å²) in [4.78, 5) is 0.552. The van der Waals surface area contributed by atoms with E-state index in [0.29, 0.717) is 10.6 Å². The zero-order valence-corrected chi connectivity index (χ0v) is 24.2. The first-order valence-electron chi connectivity index (χ1n) is 12.9. The predicted molar refractivity (Wildman–Crippen MR) is 163 cm³/mol. The van der Waals surface area contributed by atoms with Gasteiger partial charge in [-0.3, -0.25) is 0 Å². The van der Waals surface area contributed by atoms with Crippen molar-refractivity contribution in [2.75, 3.05) is 0 Å². The molecule has 4 aromatic rings. The predicted octanol–water partition coefficient (Wildman–Crippen LogP) is 6.33. The van der Waals surface area contributed by atoms with Crippen LogP contribution in [0.4, 0.5) is 0 Å². The van der Waals surface area contributed by atoms with Crippen LogP contribution in [0.2, 0.25) is 0 Å². The van der Waals surface area contributed by atoms with E-state index >= 15 is 0 Å². The summed E-state index contributed by atoms with van der Waals surface area (Å²) < 4.78 is 0. The number of phenols is 3. The fraction of sp³-hybridized carbons (Fsp3) is 0.273. The van der Waals surface area contributed by atoms with Gasteiger partial charge in [0.1, 0.15) is 25.1 Å². The van der Waals surface area contributed by atoms with Gasteiger partial charge in [-0.1, -0.05) is 90.1 Å². The average Bonchev–Trinajstić information content (AvgIpc) is 2.87. The largest absolute Gasteiger partial charge is 0.509 e. The molecule has 0 aliphatic carbocycles. The Bertz CT molecular complexity index is 1410. The van der Waals surface area contributed by atoms with E-state index in [0.717, 1.165) is 33.3 Å². The topological polar surface area (TPSA) is 60.7 Å². The lowest BCUT2D eigenvalue weighted by Crippen LogP contribution is -2.27. The standard InChI is InChI=1S/C33H37BO3S/c1-31(2,20-7-11-26(35)12-8-20)23-15-24(32(3,4)21-9-13-28(36)27(34)18-21)17-25(16-23)33(5,6)22-10-14-29(37)30(38)19-22/h7-19,35-38H,34H2,1-6H3. The van der Waals surface area contributed by atoms with Gasteiger partial charge in [0.2, 0.25) is 0 Å². The molecule has 0 saturated heterocycles. The molecule has 0 heterocycles. The molecule has 3 nitrogen and oxygen atoms in total. The van der Waals surface area contributed by atoms with Crippen molar-refractivity contribution in [1.82, 2.24) is 0 Å². The fourth-order valence-electron chi connectivity index (χ4n) is 5.04. The summed E-state index contributed by atoms with van der Waals surface area (Å²) in [5.41, 5.74) is 6.58. The number of benzene rings is 4. The Balaban J connectivity index is 1.96. The first-order chi connectivity index (χ1) is 17.6. The lowest BCUT2D eigenvalue weighted by Gasteiger charge is -2.35. The summed E-state index contributed by atoms with van der Waals surface area (Å²) >= 11 is 4.47. The van der Waals surface area contributed by atoms with Gasteiger partial charge in [-0.25, -0.2) is 0 Å². The van der Waals surface area contributed by atoms with E-state index in [1.807, 2.05) is 38.2 Å². The van der Waals surface area contributed by atoms with Gasteiger partial charge in [0, 0.05) is 21.1 Å². The molecule has 0 aliphatic heterocycles. The minimum atomic E-state index is -0.373. The zero-order valence-electron chi connectivity index (χ0n) is 23.3. The van der Waals surface area contributed by atoms with E-state index in [4.69, 9.17) is 0 Å². The Morgan fingerprint density at radius 3 is 1.34 bits per heavy atom. The van der Waals surface area contributed by atoms with Gasteiger partial charge in [0.25, 0.3) is 0 Å². The van der Waals surface area contributed by atoms with Crippen LogP contribution in [0, 0.1) is 0 Å². The minimum Gasteiger partial charge on any atom is -0.509 e. The molecule has 196 valence electrons. The third-order valence-corrected chi connectivity index (χ3v) is 8.66. The molecule has 0 radical (unpaired) electrons. The van der Waals surface area contributed by atoms with Gasteiger partial charge in [-0.2, -0.15) is 0 Å². The molecular weight excluding hydrogens is 487 g/mol. The van der Waals surface area contributed by atoms with Crippen molar-refractivity contribution in [1.29, 1.82) is 0 Å². The smallest absolute Gasteiger partial charge is 0.144 e. The van der Waals surface area contributed by atoms with Crippen LogP contribution in [-0.4, -0.2) is 23.2 Å². The van der Waals surface area contributed by atoms with Crippen LogP contribution < -0.4 is 5.46 Å². The normalized spacial score (nSPS) is 12.5. The number of hydrogen-bond acceptors (Lipinski definition) is 4. The van der Waals surface area contributed by atoms with E-state index in [1.165, 1.54) is 5.56 Å². The summed E-state index contributed by atoms with van der Waals surface area (Å²) in [7, 11) is 1.92. The maximum absolute atomic E-state index is 10.2. The molecule has 0 spiro atoms. The molecule has 0 unspecified atom stereocenters. The van der Waals surface area contributed by atoms with E-state index in [1.54, 1.807) is 24.3 Å². The molecule has 0 aromatic heterocycles. The molecule has 0 bridgehead atoms. The Morgan fingerprint density at radius 2 is 0.895 bits per heavy atom. The van der Waals surface area contributed by atoms with Gasteiger partial charge in [-0.15, -0.1) is 12.6 Å². The highest BCUT2D eigenvalue weighted by molar-refractivity contribution is 7.80. The lowest BCUT2D eigenvalue weighted by molar-refractivity contribution is 0.461. The van der Waals surface area contributed by atoms with Crippen LogP contribution >= 0.6 is 12.6 Å². The monoisotopic (exact) mass is 524 g/mol. The second-order valence-corrected chi connectivity index (χ2v) is 12.4. The maximum atomic E-state index is 10.2. The zero-order chi connectivity index (χ0) is 28.0. The molecular formula is C33H37BO3S. The highest BCUT2D eigenvalue weighted by Crippen LogP contribution is 2.42. The summed E-state index contributed by atoms with van der Waals surface area (Å²) in [5, 5.41) is 30.1. The third-order valence-electron chi connectivity index (χ3n) is 8.30. The molecule has 0 atom stereocenters. The molecule has 5 heteroatoms. The molecule has 0 aliphatic rings. The number of rotatable bonds is 6. The summed E-state index contributed by atoms with van der Waals surface area (Å²) in [5.74, 6) is 0.710. The van der Waals surface area contributed by atoms with Crippen molar-refractivity contribution in [2.45, 2.75) is 62.7 Å². The van der Waals surface area contributed by atoms with Gasteiger partial charge >= 0.3 is 0 Å². The van der Waals surface area contributed by atoms with Crippen molar-refractivity contribution in [3.8, 4) is 17.2 Å². The Hall–Kier alpha value is -3.31. The van der Waals surface area contributed by atoms with Crippen LogP contribution in [0.1, 0.15) is 74.9 Å². The van der Waals surface area contributed by atoms with Gasteiger partial charge in [0.15, 0.2) is 0 Å². The second kappa shape index (κ2) is 9.78. The molecule has 0 saturated carbocycles. The quantitative estimate of drug-likeness (QED) is 0.176. The SMILES string of the molecule is Bc1cc(C(C)(C)c2cc(C(C)(C)c3ccc(O)cc3)cc(C(C)(C)c3ccc(O)c(S)c3)c2)ccc1O. The lowest BCUT2D eigenvalue weighted by atomic mass is 9.69. The van der Waals surface area contributed by atoms with E-state index < -0.39 is 0 Å². The molecule has 3 N–H and O–H groups in total. The minimum absolute atomic E-state index is 0.166. The first-order valence-corrected chi connectivity index (χ1v) is 13.4. The molecule has 0 fully saturated rings. The Labute approximate surface area is 233 Å². The summed E-state index contributed by atoms with van der Waals surface area (Å²) in [6.45, 7) is 13.2. The van der Waals surface area contributed by atoms with Crippen LogP contribution in [0.5, 0.6) is 17.2 Å². The highest BCUT2D eigenvalue weighted by Gasteiger charge is 2.32. The van der Waals surface area contributed by atoms with Crippen molar-refractivity contribution < 1.29 is 15.3 Å². The average molecular weight is 525 g/mol. The molecule has 4 aromatic carbocycles. The Morgan fingerprint density at radius 1 is 0.500 bits per heavy atom. The van der Waals surface area contributed by atoms with E-state index in [9.17, 15) is 15.3 Å². The van der Waals surface area contributed by atoms with Crippen molar-refractivity contribution in [2.24, 2.45) is 0 Å². The number of aromatic hydroxyl groups is 3. The van der Waals surface area contributed by atoms with Gasteiger partial charge < -0.3 is 15.3 Å². The van der Waals surface area contributed by atoms with Gasteiger partial charge in [-0.05, 0) is 69.2 Å². The van der Waals surface area contributed by atoms with E-state index in [2.05, 4.69) is 78.4 Å². The molecule has 4 rings (SSSR count). The number of thiol groups is 1. The molecule has 0 amide bonds.